The molecule has 0 saturated heterocycles. The molecule has 0 aliphatic heterocycles. The predicted octanol–water partition coefficient (Wildman–Crippen LogP) is 1.71. The average molecular weight is 230 g/mol. The second-order valence-corrected chi connectivity index (χ2v) is 3.55. The molecule has 1 rings (SSSR count). The van der Waals surface area contributed by atoms with Crippen molar-refractivity contribution in [3.05, 3.63) is 22.3 Å². The quantitative estimate of drug-likeness (QED) is 0.813. The normalized spacial score (nSPS) is 12.9. The van der Waals surface area contributed by atoms with E-state index < -0.39 is 0 Å². The molecule has 66 valence electrons. The van der Waals surface area contributed by atoms with E-state index in [2.05, 4.69) is 26.2 Å². The number of nitrogen functional groups attached to an aromatic ring is 1. The minimum atomic E-state index is 0.231. The third-order valence-corrected chi connectivity index (χ3v) is 2.25. The van der Waals surface area contributed by atoms with Crippen LogP contribution in [-0.4, -0.2) is 12.0 Å². The molecule has 0 fully saturated rings. The monoisotopic (exact) mass is 229 g/mol. The Bertz CT molecular complexity index is 275. The van der Waals surface area contributed by atoms with Gasteiger partial charge >= 0.3 is 0 Å². The summed E-state index contributed by atoms with van der Waals surface area (Å²) in [6.07, 6.45) is 1.70. The summed E-state index contributed by atoms with van der Waals surface area (Å²) in [4.78, 5) is 4.04. The minimum absolute atomic E-state index is 0.231. The van der Waals surface area contributed by atoms with Crippen molar-refractivity contribution in [3.63, 3.8) is 0 Å². The van der Waals surface area contributed by atoms with Crippen molar-refractivity contribution in [2.24, 2.45) is 0 Å². The first-order valence-electron chi connectivity index (χ1n) is 3.73. The molecule has 0 aliphatic carbocycles. The SMILES string of the molecule is CN[C@H](C)c1cc(Br)cnc1N. The van der Waals surface area contributed by atoms with Crippen LogP contribution in [0.4, 0.5) is 5.82 Å². The van der Waals surface area contributed by atoms with Crippen LogP contribution in [0.3, 0.4) is 0 Å². The van der Waals surface area contributed by atoms with Gasteiger partial charge in [0.25, 0.3) is 0 Å². The average Bonchev–Trinajstić information content (AvgIpc) is 2.08. The molecule has 1 aromatic heterocycles. The fourth-order valence-electron chi connectivity index (χ4n) is 0.968. The maximum absolute atomic E-state index is 5.69. The smallest absolute Gasteiger partial charge is 0.128 e. The lowest BCUT2D eigenvalue weighted by Gasteiger charge is -2.12. The first-order valence-corrected chi connectivity index (χ1v) is 4.52. The van der Waals surface area contributed by atoms with E-state index in [0.717, 1.165) is 10.0 Å². The Morgan fingerprint density at radius 1 is 1.67 bits per heavy atom. The molecular formula is C8H12BrN3. The van der Waals surface area contributed by atoms with Crippen LogP contribution in [0.2, 0.25) is 0 Å². The van der Waals surface area contributed by atoms with Gasteiger partial charge < -0.3 is 11.1 Å². The predicted molar refractivity (Wildman–Crippen MR) is 53.8 cm³/mol. The number of nitrogens with one attached hydrogen (secondary N) is 1. The van der Waals surface area contributed by atoms with Crippen molar-refractivity contribution in [1.82, 2.24) is 10.3 Å². The molecule has 12 heavy (non-hydrogen) atoms. The molecule has 0 aliphatic rings. The molecule has 3 N–H and O–H groups in total. The molecule has 0 radical (unpaired) electrons. The number of halogens is 1. The number of nitrogens with zero attached hydrogens (tertiary/aromatic N) is 1. The van der Waals surface area contributed by atoms with E-state index in [0.29, 0.717) is 5.82 Å². The van der Waals surface area contributed by atoms with Crippen LogP contribution in [0.15, 0.2) is 16.7 Å². The highest BCUT2D eigenvalue weighted by atomic mass is 79.9. The molecule has 0 spiro atoms. The highest BCUT2D eigenvalue weighted by Gasteiger charge is 2.07. The van der Waals surface area contributed by atoms with Crippen LogP contribution in [0, 0.1) is 0 Å². The molecule has 0 unspecified atom stereocenters. The minimum Gasteiger partial charge on any atom is -0.383 e. The van der Waals surface area contributed by atoms with Gasteiger partial charge in [-0.05, 0) is 36.0 Å². The van der Waals surface area contributed by atoms with Crippen LogP contribution in [0.1, 0.15) is 18.5 Å². The Morgan fingerprint density at radius 2 is 2.33 bits per heavy atom. The van der Waals surface area contributed by atoms with Gasteiger partial charge in [-0.25, -0.2) is 4.98 Å². The second kappa shape index (κ2) is 3.87. The van der Waals surface area contributed by atoms with Crippen LogP contribution in [0.5, 0.6) is 0 Å². The van der Waals surface area contributed by atoms with Gasteiger partial charge in [-0.15, -0.1) is 0 Å². The highest BCUT2D eigenvalue weighted by molar-refractivity contribution is 9.10. The van der Waals surface area contributed by atoms with Gasteiger partial charge in [-0.1, -0.05) is 0 Å². The summed E-state index contributed by atoms with van der Waals surface area (Å²) in [5.74, 6) is 0.583. The number of hydrogen-bond donors (Lipinski definition) is 2. The van der Waals surface area contributed by atoms with Gasteiger partial charge in [0.05, 0.1) is 0 Å². The summed E-state index contributed by atoms with van der Waals surface area (Å²) in [7, 11) is 1.89. The largest absolute Gasteiger partial charge is 0.383 e. The Kier molecular flexibility index (Phi) is 3.05. The molecule has 3 nitrogen and oxygen atoms in total. The number of nitrogens with two attached hydrogens (primary N) is 1. The first kappa shape index (κ1) is 9.48. The Balaban J connectivity index is 3.04. The summed E-state index contributed by atoms with van der Waals surface area (Å²) in [5.41, 5.74) is 6.71. The van der Waals surface area contributed by atoms with Gasteiger partial charge in [0.15, 0.2) is 0 Å². The van der Waals surface area contributed by atoms with Crippen molar-refractivity contribution in [2.45, 2.75) is 13.0 Å². The molecule has 4 heteroatoms. The molecule has 0 saturated carbocycles. The van der Waals surface area contributed by atoms with E-state index in [1.165, 1.54) is 0 Å². The van der Waals surface area contributed by atoms with Gasteiger partial charge in [0.2, 0.25) is 0 Å². The summed E-state index contributed by atoms with van der Waals surface area (Å²) in [6, 6.07) is 2.21. The fourth-order valence-corrected chi connectivity index (χ4v) is 1.32. The van der Waals surface area contributed by atoms with E-state index >= 15 is 0 Å². The second-order valence-electron chi connectivity index (χ2n) is 2.64. The van der Waals surface area contributed by atoms with E-state index in [4.69, 9.17) is 5.73 Å². The Labute approximate surface area is 80.5 Å². The summed E-state index contributed by atoms with van der Waals surface area (Å²) in [6.45, 7) is 2.04. The lowest BCUT2D eigenvalue weighted by atomic mass is 10.1. The molecular weight excluding hydrogens is 218 g/mol. The Hall–Kier alpha value is -0.610. The van der Waals surface area contributed by atoms with Crippen LogP contribution in [-0.2, 0) is 0 Å². The van der Waals surface area contributed by atoms with Crippen molar-refractivity contribution < 1.29 is 0 Å². The van der Waals surface area contributed by atoms with E-state index in [1.807, 2.05) is 20.0 Å². The maximum Gasteiger partial charge on any atom is 0.128 e. The number of rotatable bonds is 2. The topological polar surface area (TPSA) is 50.9 Å². The van der Waals surface area contributed by atoms with Gasteiger partial charge in [0, 0.05) is 22.3 Å². The van der Waals surface area contributed by atoms with Crippen LogP contribution < -0.4 is 11.1 Å². The van der Waals surface area contributed by atoms with Crippen molar-refractivity contribution in [2.75, 3.05) is 12.8 Å². The molecule has 1 heterocycles. The van der Waals surface area contributed by atoms with Crippen LogP contribution in [0.25, 0.3) is 0 Å². The van der Waals surface area contributed by atoms with Crippen molar-refractivity contribution in [3.8, 4) is 0 Å². The van der Waals surface area contributed by atoms with E-state index in [-0.39, 0.29) is 6.04 Å². The standard InChI is InChI=1S/C8H12BrN3/c1-5(11-2)7-3-6(9)4-12-8(7)10/h3-5,11H,1-2H3,(H2,10,12)/t5-/m1/s1. The number of pyridine rings is 1. The maximum atomic E-state index is 5.69. The molecule has 0 aromatic carbocycles. The molecule has 0 bridgehead atoms. The van der Waals surface area contributed by atoms with E-state index in [1.54, 1.807) is 6.20 Å². The lowest BCUT2D eigenvalue weighted by Crippen LogP contribution is -2.14. The zero-order valence-corrected chi connectivity index (χ0v) is 8.72. The van der Waals surface area contributed by atoms with Crippen molar-refractivity contribution >= 4 is 21.7 Å². The fraction of sp³-hybridized carbons (Fsp3) is 0.375. The molecule has 1 atom stereocenters. The van der Waals surface area contributed by atoms with E-state index in [9.17, 15) is 0 Å². The lowest BCUT2D eigenvalue weighted by molar-refractivity contribution is 0.651. The summed E-state index contributed by atoms with van der Waals surface area (Å²) >= 11 is 3.35. The molecule has 1 aromatic rings. The number of anilines is 1. The number of hydrogen-bond acceptors (Lipinski definition) is 3. The van der Waals surface area contributed by atoms with Gasteiger partial charge in [0.1, 0.15) is 5.82 Å². The number of aromatic nitrogens is 1. The third-order valence-electron chi connectivity index (χ3n) is 1.82. The van der Waals surface area contributed by atoms with Gasteiger partial charge in [-0.2, -0.15) is 0 Å². The van der Waals surface area contributed by atoms with Gasteiger partial charge in [-0.3, -0.25) is 0 Å². The third kappa shape index (κ3) is 1.95. The highest BCUT2D eigenvalue weighted by Crippen LogP contribution is 2.21. The first-order chi connectivity index (χ1) is 5.65. The molecule has 0 amide bonds. The summed E-state index contributed by atoms with van der Waals surface area (Å²) in [5, 5.41) is 3.11. The zero-order valence-electron chi connectivity index (χ0n) is 7.13. The zero-order chi connectivity index (χ0) is 9.14. The Morgan fingerprint density at radius 3 is 2.92 bits per heavy atom. The van der Waals surface area contributed by atoms with Crippen LogP contribution >= 0.6 is 15.9 Å². The van der Waals surface area contributed by atoms with Crippen molar-refractivity contribution in [1.29, 1.82) is 0 Å². The summed E-state index contributed by atoms with van der Waals surface area (Å²) < 4.78 is 0.953.